The van der Waals surface area contributed by atoms with Crippen LogP contribution in [0.5, 0.6) is 0 Å². The van der Waals surface area contributed by atoms with Crippen LogP contribution < -0.4 is 5.32 Å². The predicted molar refractivity (Wildman–Crippen MR) is 78.8 cm³/mol. The highest BCUT2D eigenvalue weighted by atomic mass is 35.5. The van der Waals surface area contributed by atoms with E-state index in [9.17, 15) is 0 Å². The SMILES string of the molecule is CCNC(c1nc(C)cs1)c1ccc(Cl)cc1Cl. The molecule has 0 aliphatic rings. The first-order valence-corrected chi connectivity index (χ1v) is 7.35. The lowest BCUT2D eigenvalue weighted by atomic mass is 10.1. The highest BCUT2D eigenvalue weighted by Gasteiger charge is 2.19. The lowest BCUT2D eigenvalue weighted by molar-refractivity contribution is 0.626. The molecule has 0 saturated carbocycles. The summed E-state index contributed by atoms with van der Waals surface area (Å²) in [6.45, 7) is 4.91. The Labute approximate surface area is 121 Å². The summed E-state index contributed by atoms with van der Waals surface area (Å²) in [5.41, 5.74) is 2.04. The van der Waals surface area contributed by atoms with Gasteiger partial charge in [0.25, 0.3) is 0 Å². The molecule has 18 heavy (non-hydrogen) atoms. The number of rotatable bonds is 4. The van der Waals surface area contributed by atoms with Crippen LogP contribution in [-0.4, -0.2) is 11.5 Å². The van der Waals surface area contributed by atoms with Gasteiger partial charge in [-0.3, -0.25) is 0 Å². The van der Waals surface area contributed by atoms with Crippen molar-refractivity contribution in [2.24, 2.45) is 0 Å². The van der Waals surface area contributed by atoms with Crippen LogP contribution in [0.2, 0.25) is 10.0 Å². The third kappa shape index (κ3) is 3.04. The Balaban J connectivity index is 2.41. The standard InChI is InChI=1S/C13H14Cl2N2S/c1-3-16-12(13-17-8(2)7-18-13)10-5-4-9(14)6-11(10)15/h4-7,12,16H,3H2,1-2H3. The van der Waals surface area contributed by atoms with Crippen LogP contribution in [0.4, 0.5) is 0 Å². The maximum absolute atomic E-state index is 6.27. The normalized spacial score (nSPS) is 12.7. The Morgan fingerprint density at radius 2 is 2.17 bits per heavy atom. The van der Waals surface area contributed by atoms with E-state index in [2.05, 4.69) is 17.2 Å². The molecule has 2 nitrogen and oxygen atoms in total. The summed E-state index contributed by atoms with van der Waals surface area (Å²) < 4.78 is 0. The zero-order valence-corrected chi connectivity index (χ0v) is 12.5. The first-order valence-electron chi connectivity index (χ1n) is 5.72. The van der Waals surface area contributed by atoms with Gasteiger partial charge in [-0.1, -0.05) is 36.2 Å². The van der Waals surface area contributed by atoms with Crippen LogP contribution in [0.3, 0.4) is 0 Å². The summed E-state index contributed by atoms with van der Waals surface area (Å²) in [7, 11) is 0. The fourth-order valence-corrected chi connectivity index (χ4v) is 3.18. The molecular formula is C13H14Cl2N2S. The fraction of sp³-hybridized carbons (Fsp3) is 0.308. The molecule has 0 spiro atoms. The third-order valence-corrected chi connectivity index (χ3v) is 4.16. The van der Waals surface area contributed by atoms with E-state index >= 15 is 0 Å². The number of aromatic nitrogens is 1. The highest BCUT2D eigenvalue weighted by Crippen LogP contribution is 2.31. The molecule has 0 aliphatic carbocycles. The van der Waals surface area contributed by atoms with Gasteiger partial charge in [0, 0.05) is 21.1 Å². The molecule has 96 valence electrons. The molecule has 2 rings (SSSR count). The van der Waals surface area contributed by atoms with Crippen LogP contribution in [0.1, 0.15) is 29.2 Å². The molecule has 0 aliphatic heterocycles. The number of benzene rings is 1. The summed E-state index contributed by atoms with van der Waals surface area (Å²) >= 11 is 13.8. The summed E-state index contributed by atoms with van der Waals surface area (Å²) in [5, 5.41) is 7.80. The molecular weight excluding hydrogens is 287 g/mol. The van der Waals surface area contributed by atoms with E-state index in [-0.39, 0.29) is 6.04 Å². The van der Waals surface area contributed by atoms with Crippen molar-refractivity contribution in [3.05, 3.63) is 49.9 Å². The number of hydrogen-bond donors (Lipinski definition) is 1. The molecule has 5 heteroatoms. The van der Waals surface area contributed by atoms with Gasteiger partial charge in [-0.15, -0.1) is 11.3 Å². The number of thiazole rings is 1. The van der Waals surface area contributed by atoms with E-state index in [0.717, 1.165) is 22.8 Å². The average Bonchev–Trinajstić information content (AvgIpc) is 2.73. The Kier molecular flexibility index (Phi) is 4.62. The zero-order valence-electron chi connectivity index (χ0n) is 10.2. The molecule has 0 fully saturated rings. The summed E-state index contributed by atoms with van der Waals surface area (Å²) in [4.78, 5) is 4.53. The van der Waals surface area contributed by atoms with E-state index < -0.39 is 0 Å². The second-order valence-corrected chi connectivity index (χ2v) is 5.72. The van der Waals surface area contributed by atoms with Gasteiger partial charge in [0.05, 0.1) is 6.04 Å². The van der Waals surface area contributed by atoms with Crippen molar-refractivity contribution >= 4 is 34.5 Å². The van der Waals surface area contributed by atoms with Gasteiger partial charge >= 0.3 is 0 Å². The first kappa shape index (κ1) is 13.8. The van der Waals surface area contributed by atoms with Gasteiger partial charge in [-0.2, -0.15) is 0 Å². The van der Waals surface area contributed by atoms with Crippen LogP contribution in [0, 0.1) is 6.92 Å². The Morgan fingerprint density at radius 3 is 2.72 bits per heavy atom. The molecule has 1 heterocycles. The molecule has 0 saturated heterocycles. The van der Waals surface area contributed by atoms with Gasteiger partial charge in [-0.25, -0.2) is 4.98 Å². The number of nitrogens with zero attached hydrogens (tertiary/aromatic N) is 1. The van der Waals surface area contributed by atoms with Crippen LogP contribution in [0.15, 0.2) is 23.6 Å². The van der Waals surface area contributed by atoms with Gasteiger partial charge in [0.2, 0.25) is 0 Å². The highest BCUT2D eigenvalue weighted by molar-refractivity contribution is 7.09. The van der Waals surface area contributed by atoms with Gasteiger partial charge in [0.15, 0.2) is 0 Å². The Hall–Kier alpha value is -0.610. The second-order valence-electron chi connectivity index (χ2n) is 3.98. The Morgan fingerprint density at radius 1 is 1.39 bits per heavy atom. The van der Waals surface area contributed by atoms with E-state index in [1.807, 2.05) is 24.4 Å². The molecule has 1 unspecified atom stereocenters. The summed E-state index contributed by atoms with van der Waals surface area (Å²) in [5.74, 6) is 0. The molecule has 0 radical (unpaired) electrons. The number of aryl methyl sites for hydroxylation is 1. The number of nitrogens with one attached hydrogen (secondary N) is 1. The third-order valence-electron chi connectivity index (χ3n) is 2.57. The van der Waals surface area contributed by atoms with Crippen molar-refractivity contribution in [1.29, 1.82) is 0 Å². The summed E-state index contributed by atoms with van der Waals surface area (Å²) in [6.07, 6.45) is 0. The van der Waals surface area contributed by atoms with Crippen molar-refractivity contribution in [2.75, 3.05) is 6.54 Å². The monoisotopic (exact) mass is 300 g/mol. The minimum Gasteiger partial charge on any atom is -0.304 e. The lowest BCUT2D eigenvalue weighted by Gasteiger charge is -2.17. The molecule has 1 aromatic carbocycles. The molecule has 1 N–H and O–H groups in total. The van der Waals surface area contributed by atoms with E-state index in [4.69, 9.17) is 23.2 Å². The molecule has 1 aromatic heterocycles. The maximum Gasteiger partial charge on any atom is 0.114 e. The molecule has 0 bridgehead atoms. The molecule has 2 aromatic rings. The van der Waals surface area contributed by atoms with Crippen LogP contribution >= 0.6 is 34.5 Å². The number of halogens is 2. The van der Waals surface area contributed by atoms with Crippen molar-refractivity contribution in [1.82, 2.24) is 10.3 Å². The zero-order chi connectivity index (χ0) is 13.1. The summed E-state index contributed by atoms with van der Waals surface area (Å²) in [6, 6.07) is 5.60. The van der Waals surface area contributed by atoms with Crippen LogP contribution in [-0.2, 0) is 0 Å². The quantitative estimate of drug-likeness (QED) is 0.902. The van der Waals surface area contributed by atoms with Crippen molar-refractivity contribution in [3.63, 3.8) is 0 Å². The van der Waals surface area contributed by atoms with Gasteiger partial charge in [-0.05, 0) is 31.2 Å². The van der Waals surface area contributed by atoms with Gasteiger partial charge in [0.1, 0.15) is 5.01 Å². The van der Waals surface area contributed by atoms with E-state index in [0.29, 0.717) is 10.0 Å². The second kappa shape index (κ2) is 6.02. The van der Waals surface area contributed by atoms with E-state index in [1.165, 1.54) is 0 Å². The van der Waals surface area contributed by atoms with Crippen LogP contribution in [0.25, 0.3) is 0 Å². The predicted octanol–water partition coefficient (Wildman–Crippen LogP) is 4.46. The van der Waals surface area contributed by atoms with Crippen molar-refractivity contribution in [3.8, 4) is 0 Å². The first-order chi connectivity index (χ1) is 8.61. The fourth-order valence-electron chi connectivity index (χ4n) is 1.77. The minimum atomic E-state index is 0.0264. The van der Waals surface area contributed by atoms with Gasteiger partial charge < -0.3 is 5.32 Å². The molecule has 0 amide bonds. The Bertz CT molecular complexity index is 540. The average molecular weight is 301 g/mol. The minimum absolute atomic E-state index is 0.0264. The van der Waals surface area contributed by atoms with E-state index in [1.54, 1.807) is 17.4 Å². The maximum atomic E-state index is 6.27. The van der Waals surface area contributed by atoms with Crippen molar-refractivity contribution in [2.45, 2.75) is 19.9 Å². The number of hydrogen-bond acceptors (Lipinski definition) is 3. The van der Waals surface area contributed by atoms with Crippen molar-refractivity contribution < 1.29 is 0 Å². The topological polar surface area (TPSA) is 24.9 Å². The largest absolute Gasteiger partial charge is 0.304 e. The lowest BCUT2D eigenvalue weighted by Crippen LogP contribution is -2.22. The smallest absolute Gasteiger partial charge is 0.114 e. The molecule has 1 atom stereocenters.